The second-order valence-corrected chi connectivity index (χ2v) is 2.72. The van der Waals surface area contributed by atoms with Crippen LogP contribution in [0.1, 0.15) is 31.9 Å². The van der Waals surface area contributed by atoms with Gasteiger partial charge in [-0.25, -0.2) is 0 Å². The number of rotatable bonds is 3. The summed E-state index contributed by atoms with van der Waals surface area (Å²) in [7, 11) is 0. The Morgan fingerprint density at radius 1 is 1.73 bits per heavy atom. The molecule has 11 heavy (non-hydrogen) atoms. The normalized spacial score (nSPS) is 14.0. The van der Waals surface area contributed by atoms with Gasteiger partial charge < -0.3 is 0 Å². The fourth-order valence-electron chi connectivity index (χ4n) is 1.01. The lowest BCUT2D eigenvalue weighted by Crippen LogP contribution is -1.91. The minimum absolute atomic E-state index is 0.550. The molecule has 0 aliphatic rings. The summed E-state index contributed by atoms with van der Waals surface area (Å²) in [5.74, 6) is 0.550. The van der Waals surface area contributed by atoms with Crippen molar-refractivity contribution in [3.8, 4) is 0 Å². The van der Waals surface area contributed by atoms with Crippen molar-refractivity contribution in [2.45, 2.75) is 26.2 Å². The van der Waals surface area contributed by atoms with Gasteiger partial charge in [0.05, 0.1) is 0 Å². The molecule has 2 nitrogen and oxygen atoms in total. The minimum atomic E-state index is 0.550. The largest absolute Gasteiger partial charge is 0.282 e. The standard InChI is InChI=1S/C9H14N2/c1-3-4-5-8(2)9-6-7-10-11-9/h3-4,6-8H,5H2,1-2H3,(H,10,11)/b4-3+. The zero-order chi connectivity index (χ0) is 8.10. The summed E-state index contributed by atoms with van der Waals surface area (Å²) in [5, 5.41) is 6.86. The molecule has 0 saturated heterocycles. The number of H-pyrrole nitrogens is 1. The van der Waals surface area contributed by atoms with E-state index in [0.29, 0.717) is 5.92 Å². The summed E-state index contributed by atoms with van der Waals surface area (Å²) in [4.78, 5) is 0. The molecule has 0 amide bonds. The van der Waals surface area contributed by atoms with E-state index < -0.39 is 0 Å². The maximum Gasteiger partial charge on any atom is 0.0490 e. The maximum absolute atomic E-state index is 3.90. The zero-order valence-corrected chi connectivity index (χ0v) is 7.04. The lowest BCUT2D eigenvalue weighted by atomic mass is 10.0. The van der Waals surface area contributed by atoms with E-state index in [1.807, 2.05) is 13.0 Å². The quantitative estimate of drug-likeness (QED) is 0.659. The van der Waals surface area contributed by atoms with Gasteiger partial charge in [0.2, 0.25) is 0 Å². The highest BCUT2D eigenvalue weighted by Crippen LogP contribution is 2.15. The van der Waals surface area contributed by atoms with Crippen LogP contribution in [-0.2, 0) is 0 Å². The Hall–Kier alpha value is -1.05. The number of hydrogen-bond acceptors (Lipinski definition) is 1. The van der Waals surface area contributed by atoms with Crippen LogP contribution in [0.5, 0.6) is 0 Å². The Balaban J connectivity index is 2.49. The van der Waals surface area contributed by atoms with Crippen molar-refractivity contribution in [3.63, 3.8) is 0 Å². The SMILES string of the molecule is C/C=C/CC(C)c1ccn[nH]1. The molecule has 1 aromatic heterocycles. The van der Waals surface area contributed by atoms with Gasteiger partial charge in [-0.3, -0.25) is 5.10 Å². The second-order valence-electron chi connectivity index (χ2n) is 2.72. The number of nitrogens with zero attached hydrogens (tertiary/aromatic N) is 1. The molecule has 0 aliphatic heterocycles. The molecular formula is C9H14N2. The highest BCUT2D eigenvalue weighted by atomic mass is 15.1. The molecule has 0 saturated carbocycles. The van der Waals surface area contributed by atoms with E-state index in [-0.39, 0.29) is 0 Å². The van der Waals surface area contributed by atoms with Crippen molar-refractivity contribution in [1.82, 2.24) is 10.2 Å². The topological polar surface area (TPSA) is 28.7 Å². The smallest absolute Gasteiger partial charge is 0.0490 e. The third kappa shape index (κ3) is 2.22. The summed E-state index contributed by atoms with van der Waals surface area (Å²) in [5.41, 5.74) is 1.21. The van der Waals surface area contributed by atoms with Gasteiger partial charge in [-0.1, -0.05) is 19.1 Å². The van der Waals surface area contributed by atoms with E-state index in [0.717, 1.165) is 6.42 Å². The molecular weight excluding hydrogens is 136 g/mol. The summed E-state index contributed by atoms with van der Waals surface area (Å²) in [6.07, 6.45) is 7.12. The van der Waals surface area contributed by atoms with Crippen LogP contribution in [-0.4, -0.2) is 10.2 Å². The summed E-state index contributed by atoms with van der Waals surface area (Å²) < 4.78 is 0. The van der Waals surface area contributed by atoms with Crippen LogP contribution in [0.3, 0.4) is 0 Å². The summed E-state index contributed by atoms with van der Waals surface area (Å²) in [6.45, 7) is 4.23. The predicted octanol–water partition coefficient (Wildman–Crippen LogP) is 2.48. The van der Waals surface area contributed by atoms with Gasteiger partial charge in [-0.15, -0.1) is 0 Å². The molecule has 0 fully saturated rings. The van der Waals surface area contributed by atoms with Crippen LogP contribution in [0.25, 0.3) is 0 Å². The van der Waals surface area contributed by atoms with Crippen LogP contribution in [0.15, 0.2) is 24.4 Å². The highest BCUT2D eigenvalue weighted by molar-refractivity contribution is 5.05. The Kier molecular flexibility index (Phi) is 2.90. The predicted molar refractivity (Wildman–Crippen MR) is 46.4 cm³/mol. The minimum Gasteiger partial charge on any atom is -0.282 e. The first kappa shape index (κ1) is 8.05. The fourth-order valence-corrected chi connectivity index (χ4v) is 1.01. The maximum atomic E-state index is 3.90. The number of allylic oxidation sites excluding steroid dienone is 2. The van der Waals surface area contributed by atoms with Gasteiger partial charge in [-0.05, 0) is 19.4 Å². The van der Waals surface area contributed by atoms with Crippen LogP contribution in [0.2, 0.25) is 0 Å². The fraction of sp³-hybridized carbons (Fsp3) is 0.444. The Morgan fingerprint density at radius 2 is 2.55 bits per heavy atom. The van der Waals surface area contributed by atoms with Gasteiger partial charge in [-0.2, -0.15) is 5.10 Å². The number of aromatic nitrogens is 2. The van der Waals surface area contributed by atoms with Gasteiger partial charge in [0.15, 0.2) is 0 Å². The first-order valence-electron chi connectivity index (χ1n) is 3.95. The molecule has 0 aromatic carbocycles. The van der Waals surface area contributed by atoms with Crippen molar-refractivity contribution in [2.75, 3.05) is 0 Å². The summed E-state index contributed by atoms with van der Waals surface area (Å²) in [6, 6.07) is 2.02. The van der Waals surface area contributed by atoms with Gasteiger partial charge in [0, 0.05) is 17.8 Å². The Labute approximate surface area is 67.3 Å². The molecule has 1 unspecified atom stereocenters. The first-order valence-corrected chi connectivity index (χ1v) is 3.95. The third-order valence-corrected chi connectivity index (χ3v) is 1.78. The van der Waals surface area contributed by atoms with Crippen LogP contribution >= 0.6 is 0 Å². The molecule has 0 spiro atoms. The molecule has 1 heterocycles. The highest BCUT2D eigenvalue weighted by Gasteiger charge is 2.02. The average molecular weight is 150 g/mol. The lowest BCUT2D eigenvalue weighted by molar-refractivity contribution is 0.742. The van der Waals surface area contributed by atoms with Crippen molar-refractivity contribution in [1.29, 1.82) is 0 Å². The molecule has 1 aromatic rings. The van der Waals surface area contributed by atoms with Gasteiger partial charge in [0.1, 0.15) is 0 Å². The molecule has 60 valence electrons. The van der Waals surface area contributed by atoms with E-state index in [1.54, 1.807) is 6.20 Å². The molecule has 0 radical (unpaired) electrons. The molecule has 1 N–H and O–H groups in total. The number of hydrogen-bond donors (Lipinski definition) is 1. The van der Waals surface area contributed by atoms with E-state index in [1.165, 1.54) is 5.69 Å². The van der Waals surface area contributed by atoms with Gasteiger partial charge >= 0.3 is 0 Å². The van der Waals surface area contributed by atoms with E-state index in [2.05, 4.69) is 29.3 Å². The zero-order valence-electron chi connectivity index (χ0n) is 7.04. The van der Waals surface area contributed by atoms with Crippen molar-refractivity contribution < 1.29 is 0 Å². The molecule has 1 atom stereocenters. The van der Waals surface area contributed by atoms with E-state index >= 15 is 0 Å². The Morgan fingerprint density at radius 3 is 3.09 bits per heavy atom. The summed E-state index contributed by atoms with van der Waals surface area (Å²) >= 11 is 0. The van der Waals surface area contributed by atoms with Crippen LogP contribution < -0.4 is 0 Å². The van der Waals surface area contributed by atoms with E-state index in [4.69, 9.17) is 0 Å². The molecule has 1 rings (SSSR count). The lowest BCUT2D eigenvalue weighted by Gasteiger charge is -2.03. The third-order valence-electron chi connectivity index (χ3n) is 1.78. The van der Waals surface area contributed by atoms with Crippen LogP contribution in [0.4, 0.5) is 0 Å². The van der Waals surface area contributed by atoms with Crippen LogP contribution in [0, 0.1) is 0 Å². The molecule has 0 bridgehead atoms. The average Bonchev–Trinajstić information content (AvgIpc) is 2.52. The van der Waals surface area contributed by atoms with Crippen molar-refractivity contribution in [3.05, 3.63) is 30.1 Å². The van der Waals surface area contributed by atoms with Crippen molar-refractivity contribution in [2.24, 2.45) is 0 Å². The number of nitrogens with one attached hydrogen (secondary N) is 1. The van der Waals surface area contributed by atoms with Crippen molar-refractivity contribution >= 4 is 0 Å². The monoisotopic (exact) mass is 150 g/mol. The van der Waals surface area contributed by atoms with Gasteiger partial charge in [0.25, 0.3) is 0 Å². The van der Waals surface area contributed by atoms with E-state index in [9.17, 15) is 0 Å². The molecule has 2 heteroatoms. The second kappa shape index (κ2) is 3.96. The Bertz CT molecular complexity index is 211. The molecule has 0 aliphatic carbocycles. The first-order chi connectivity index (χ1) is 5.34. The number of aromatic amines is 1.